The molecule has 4 rings (SSSR count). The molecule has 9 heteroatoms. The molecule has 202 valence electrons. The molecule has 3 atom stereocenters. The topological polar surface area (TPSA) is 89.9 Å². The summed E-state index contributed by atoms with van der Waals surface area (Å²) >= 11 is 0. The molecule has 9 nitrogen and oxygen atoms in total. The number of rotatable bonds is 8. The Hall–Kier alpha value is -3.17. The molecule has 2 heterocycles. The second-order valence-corrected chi connectivity index (χ2v) is 9.72. The van der Waals surface area contributed by atoms with E-state index < -0.39 is 12.1 Å². The van der Waals surface area contributed by atoms with Gasteiger partial charge in [-0.15, -0.1) is 0 Å². The SMILES string of the molecule is COc1cc2c(c(OC)c1OC)CC(N(C)C)C(=O)N1[C@H]2Cc2cc(C)c(OC)c(OC)c2[C@@H]1CCO. The van der Waals surface area contributed by atoms with Gasteiger partial charge in [0.1, 0.15) is 0 Å². The van der Waals surface area contributed by atoms with Gasteiger partial charge in [-0.2, -0.15) is 0 Å². The molecule has 0 saturated heterocycles. The van der Waals surface area contributed by atoms with E-state index in [0.29, 0.717) is 48.0 Å². The highest BCUT2D eigenvalue weighted by Crippen LogP contribution is 2.54. The van der Waals surface area contributed by atoms with Crippen molar-refractivity contribution in [3.05, 3.63) is 39.9 Å². The third-order valence-electron chi connectivity index (χ3n) is 7.66. The quantitative estimate of drug-likeness (QED) is 0.575. The molecule has 2 aliphatic rings. The number of hydrogen-bond acceptors (Lipinski definition) is 8. The Bertz CT molecular complexity index is 1180. The lowest BCUT2D eigenvalue weighted by Gasteiger charge is -2.45. The lowest BCUT2D eigenvalue weighted by atomic mass is 9.81. The summed E-state index contributed by atoms with van der Waals surface area (Å²) in [4.78, 5) is 18.2. The van der Waals surface area contributed by atoms with E-state index in [-0.39, 0.29) is 18.6 Å². The molecule has 37 heavy (non-hydrogen) atoms. The predicted octanol–water partition coefficient (Wildman–Crippen LogP) is 3.07. The van der Waals surface area contributed by atoms with Gasteiger partial charge in [0.2, 0.25) is 11.7 Å². The van der Waals surface area contributed by atoms with Crippen LogP contribution in [0.25, 0.3) is 0 Å². The number of hydrogen-bond donors (Lipinski definition) is 1. The lowest BCUT2D eigenvalue weighted by molar-refractivity contribution is -0.142. The Kier molecular flexibility index (Phi) is 7.75. The Morgan fingerprint density at radius 2 is 1.57 bits per heavy atom. The first-order valence-electron chi connectivity index (χ1n) is 12.4. The van der Waals surface area contributed by atoms with Gasteiger partial charge in [0.25, 0.3) is 0 Å². The third kappa shape index (κ3) is 4.24. The van der Waals surface area contributed by atoms with Gasteiger partial charge in [-0.1, -0.05) is 6.07 Å². The number of aliphatic hydroxyl groups excluding tert-OH is 1. The van der Waals surface area contributed by atoms with E-state index in [4.69, 9.17) is 23.7 Å². The van der Waals surface area contributed by atoms with Crippen molar-refractivity contribution in [1.82, 2.24) is 9.80 Å². The average molecular weight is 515 g/mol. The number of carbonyl (C=O) groups is 1. The van der Waals surface area contributed by atoms with Crippen LogP contribution in [0.3, 0.4) is 0 Å². The number of benzene rings is 2. The summed E-state index contributed by atoms with van der Waals surface area (Å²) < 4.78 is 28.8. The van der Waals surface area contributed by atoms with Crippen LogP contribution in [0, 0.1) is 6.92 Å². The van der Waals surface area contributed by atoms with Crippen molar-refractivity contribution in [2.24, 2.45) is 0 Å². The molecule has 0 saturated carbocycles. The van der Waals surface area contributed by atoms with Crippen molar-refractivity contribution >= 4 is 5.91 Å². The molecule has 1 unspecified atom stereocenters. The summed E-state index contributed by atoms with van der Waals surface area (Å²) in [6.45, 7) is 1.90. The van der Waals surface area contributed by atoms with Crippen LogP contribution in [-0.2, 0) is 17.6 Å². The van der Waals surface area contributed by atoms with Crippen LogP contribution in [-0.4, -0.2) is 83.1 Å². The number of ether oxygens (including phenoxy) is 5. The summed E-state index contributed by atoms with van der Waals surface area (Å²) in [5.41, 5.74) is 4.77. The smallest absolute Gasteiger partial charge is 0.241 e. The first kappa shape index (κ1) is 26.9. The van der Waals surface area contributed by atoms with Gasteiger partial charge in [-0.25, -0.2) is 0 Å². The molecule has 0 fully saturated rings. The molecule has 2 aromatic carbocycles. The number of carbonyl (C=O) groups excluding carboxylic acids is 1. The van der Waals surface area contributed by atoms with Crippen LogP contribution < -0.4 is 23.7 Å². The van der Waals surface area contributed by atoms with Gasteiger partial charge in [-0.3, -0.25) is 9.69 Å². The third-order valence-corrected chi connectivity index (χ3v) is 7.66. The Balaban J connectivity index is 2.07. The van der Waals surface area contributed by atoms with Crippen LogP contribution in [0.15, 0.2) is 12.1 Å². The van der Waals surface area contributed by atoms with E-state index in [1.807, 2.05) is 36.9 Å². The fourth-order valence-corrected chi connectivity index (χ4v) is 6.08. The molecule has 0 aliphatic carbocycles. The molecule has 2 aromatic rings. The number of amides is 1. The maximum absolute atomic E-state index is 14.3. The van der Waals surface area contributed by atoms with Gasteiger partial charge < -0.3 is 33.7 Å². The van der Waals surface area contributed by atoms with Crippen molar-refractivity contribution < 1.29 is 33.6 Å². The standard InChI is InChI=1S/C28H38N2O7/c1-15-11-16-12-20-17-14-22(33-4)26(36-7)25(35-6)18(17)13-21(29(2)3)28(32)30(20)19(9-10-31)23(16)27(37-8)24(15)34-5/h11,14,19-21,31H,9-10,12-13H2,1-8H3/t19-,20-,21?/m0/s1. The second kappa shape index (κ2) is 10.7. The zero-order valence-corrected chi connectivity index (χ0v) is 23.0. The average Bonchev–Trinajstić information content (AvgIpc) is 3.00. The van der Waals surface area contributed by atoms with Crippen LogP contribution in [0.2, 0.25) is 0 Å². The van der Waals surface area contributed by atoms with Gasteiger partial charge in [0, 0.05) is 24.2 Å². The van der Waals surface area contributed by atoms with Crippen molar-refractivity contribution in [3.63, 3.8) is 0 Å². The molecule has 1 N–H and O–H groups in total. The first-order chi connectivity index (χ1) is 17.8. The minimum Gasteiger partial charge on any atom is -0.493 e. The molecule has 0 radical (unpaired) electrons. The van der Waals surface area contributed by atoms with Crippen LogP contribution in [0.1, 0.15) is 46.3 Å². The minimum absolute atomic E-state index is 0.0168. The van der Waals surface area contributed by atoms with Gasteiger partial charge in [0.05, 0.1) is 53.7 Å². The number of aliphatic hydroxyl groups is 1. The summed E-state index contributed by atoms with van der Waals surface area (Å²) in [5.74, 6) is 2.86. The molecular weight excluding hydrogens is 476 g/mol. The number of methoxy groups -OCH3 is 5. The Morgan fingerprint density at radius 1 is 0.919 bits per heavy atom. The van der Waals surface area contributed by atoms with Gasteiger partial charge in [-0.05, 0) is 56.6 Å². The number of nitrogens with zero attached hydrogens (tertiary/aromatic N) is 2. The number of fused-ring (bicyclic) bond motifs is 4. The van der Waals surface area contributed by atoms with E-state index in [2.05, 4.69) is 6.07 Å². The van der Waals surface area contributed by atoms with Crippen LogP contribution >= 0.6 is 0 Å². The zero-order chi connectivity index (χ0) is 27.0. The van der Waals surface area contributed by atoms with E-state index in [0.717, 1.165) is 27.8 Å². The normalized spacial score (nSPS) is 20.5. The van der Waals surface area contributed by atoms with Crippen LogP contribution in [0.5, 0.6) is 28.7 Å². The zero-order valence-electron chi connectivity index (χ0n) is 23.0. The minimum atomic E-state index is -0.447. The largest absolute Gasteiger partial charge is 0.493 e. The molecule has 0 bridgehead atoms. The van der Waals surface area contributed by atoms with Gasteiger partial charge in [0.15, 0.2) is 23.0 Å². The van der Waals surface area contributed by atoms with Gasteiger partial charge >= 0.3 is 0 Å². The molecule has 0 spiro atoms. The highest BCUT2D eigenvalue weighted by atomic mass is 16.5. The highest BCUT2D eigenvalue weighted by Gasteiger charge is 2.47. The van der Waals surface area contributed by atoms with E-state index >= 15 is 0 Å². The summed E-state index contributed by atoms with van der Waals surface area (Å²) in [6, 6.07) is 2.91. The summed E-state index contributed by atoms with van der Waals surface area (Å²) in [7, 11) is 11.8. The van der Waals surface area contributed by atoms with Crippen molar-refractivity contribution in [2.45, 2.75) is 44.3 Å². The number of aryl methyl sites for hydroxylation is 1. The van der Waals surface area contributed by atoms with E-state index in [1.165, 1.54) is 0 Å². The Labute approximate surface area is 218 Å². The second-order valence-electron chi connectivity index (χ2n) is 9.72. The highest BCUT2D eigenvalue weighted by molar-refractivity contribution is 5.85. The molecular formula is C28H38N2O7. The van der Waals surface area contributed by atoms with Crippen LogP contribution in [0.4, 0.5) is 0 Å². The Morgan fingerprint density at radius 3 is 2.11 bits per heavy atom. The van der Waals surface area contributed by atoms with Crippen molar-refractivity contribution in [3.8, 4) is 28.7 Å². The molecule has 0 aromatic heterocycles. The fourth-order valence-electron chi connectivity index (χ4n) is 6.08. The van der Waals surface area contributed by atoms with E-state index in [9.17, 15) is 9.90 Å². The van der Waals surface area contributed by atoms with Crippen molar-refractivity contribution in [1.29, 1.82) is 0 Å². The first-order valence-corrected chi connectivity index (χ1v) is 12.4. The predicted molar refractivity (Wildman–Crippen MR) is 139 cm³/mol. The molecule has 2 aliphatic heterocycles. The van der Waals surface area contributed by atoms with Crippen molar-refractivity contribution in [2.75, 3.05) is 56.3 Å². The van der Waals surface area contributed by atoms with E-state index in [1.54, 1.807) is 35.5 Å². The summed E-state index contributed by atoms with van der Waals surface area (Å²) in [5, 5.41) is 10.2. The monoisotopic (exact) mass is 514 g/mol. The lowest BCUT2D eigenvalue weighted by Crippen LogP contribution is -2.50. The maximum Gasteiger partial charge on any atom is 0.241 e. The summed E-state index contributed by atoms with van der Waals surface area (Å²) in [6.07, 6.45) is 1.37. The molecule has 1 amide bonds. The fraction of sp³-hybridized carbons (Fsp3) is 0.536. The number of likely N-dealkylation sites (N-methyl/N-ethyl adjacent to an activating group) is 1. The maximum atomic E-state index is 14.3.